The zero-order valence-electron chi connectivity index (χ0n) is 27.3. The van der Waals surface area contributed by atoms with Crippen LogP contribution >= 0.6 is 0 Å². The van der Waals surface area contributed by atoms with E-state index in [-0.39, 0.29) is 5.97 Å². The predicted molar refractivity (Wildman–Crippen MR) is 170 cm³/mol. The Hall–Kier alpha value is -0.650. The number of ether oxygens (including phenoxy) is 4. The van der Waals surface area contributed by atoms with Crippen LogP contribution in [-0.4, -0.2) is 52.2 Å². The van der Waals surface area contributed by atoms with E-state index in [9.17, 15) is 4.79 Å². The molecule has 0 aliphatic heterocycles. The molecule has 0 aliphatic carbocycles. The van der Waals surface area contributed by atoms with Gasteiger partial charge in [-0.3, -0.25) is 4.79 Å². The van der Waals surface area contributed by atoms with Crippen LogP contribution in [0.1, 0.15) is 168 Å². The lowest BCUT2D eigenvalue weighted by Crippen LogP contribution is -2.11. The van der Waals surface area contributed by atoms with Gasteiger partial charge >= 0.3 is 5.97 Å². The Labute approximate surface area is 250 Å². The van der Waals surface area contributed by atoms with E-state index in [4.69, 9.17) is 18.9 Å². The smallest absolute Gasteiger partial charge is 0.305 e. The van der Waals surface area contributed by atoms with Gasteiger partial charge in [-0.2, -0.15) is 0 Å². The van der Waals surface area contributed by atoms with Crippen LogP contribution in [-0.2, 0) is 23.7 Å². The molecule has 0 heterocycles. The first-order chi connectivity index (χ1) is 19.7. The molecule has 0 aromatic heterocycles. The normalized spacial score (nSPS) is 11.5. The van der Waals surface area contributed by atoms with Gasteiger partial charge in [0.25, 0.3) is 0 Å². The van der Waals surface area contributed by atoms with Crippen molar-refractivity contribution in [1.82, 2.24) is 0 Å². The zero-order chi connectivity index (χ0) is 29.2. The van der Waals surface area contributed by atoms with Crippen molar-refractivity contribution in [2.75, 3.05) is 46.2 Å². The third-order valence-corrected chi connectivity index (χ3v) is 7.49. The lowest BCUT2D eigenvalue weighted by molar-refractivity contribution is -0.144. The molecule has 5 nitrogen and oxygen atoms in total. The Balaban J connectivity index is 3.15. The minimum absolute atomic E-state index is 0.0992. The maximum absolute atomic E-state index is 11.8. The molecule has 0 spiro atoms. The summed E-state index contributed by atoms with van der Waals surface area (Å²) >= 11 is 0. The lowest BCUT2D eigenvalue weighted by Gasteiger charge is -2.07. The van der Waals surface area contributed by atoms with Gasteiger partial charge in [-0.05, 0) is 25.2 Å². The van der Waals surface area contributed by atoms with Crippen molar-refractivity contribution in [3.05, 3.63) is 0 Å². The van der Waals surface area contributed by atoms with Crippen molar-refractivity contribution in [3.8, 4) is 0 Å². The molecular weight excluding hydrogens is 500 g/mol. The molecule has 40 heavy (non-hydrogen) atoms. The molecule has 0 saturated carbocycles. The average molecular weight is 571 g/mol. The number of hydrogen-bond donors (Lipinski definition) is 0. The fraction of sp³-hybridized carbons (Fsp3) is 0.971. The second kappa shape index (κ2) is 34.6. The van der Waals surface area contributed by atoms with Gasteiger partial charge in [0.1, 0.15) is 0 Å². The fourth-order valence-electron chi connectivity index (χ4n) is 4.88. The molecule has 0 aliphatic rings. The van der Waals surface area contributed by atoms with Crippen LogP contribution in [0, 0.1) is 5.92 Å². The number of carbonyl (C=O) groups excluding carboxylic acids is 1. The Morgan fingerprint density at radius 3 is 1.30 bits per heavy atom. The second-order valence-corrected chi connectivity index (χ2v) is 12.1. The number of hydrogen-bond acceptors (Lipinski definition) is 5. The van der Waals surface area contributed by atoms with Crippen LogP contribution in [0.3, 0.4) is 0 Å². The van der Waals surface area contributed by atoms with Crippen LogP contribution in [0.2, 0.25) is 0 Å². The molecule has 240 valence electrons. The first-order valence-corrected chi connectivity index (χ1v) is 17.6. The molecule has 0 N–H and O–H groups in total. The first-order valence-electron chi connectivity index (χ1n) is 17.6. The van der Waals surface area contributed by atoms with Gasteiger partial charge in [0.15, 0.2) is 0 Å². The molecule has 0 atom stereocenters. The van der Waals surface area contributed by atoms with Gasteiger partial charge < -0.3 is 18.9 Å². The standard InChI is InChI=1S/C35H70O5/c1-4-5-6-7-16-19-22-27-37-30-32-39-33-31-38-28-24-26-35(36)40-29-23-20-17-14-12-10-8-9-11-13-15-18-21-25-34(2)3/h34H,4-33H2,1-3H3. The summed E-state index contributed by atoms with van der Waals surface area (Å²) in [6, 6.07) is 0. The lowest BCUT2D eigenvalue weighted by atomic mass is 10.0. The summed E-state index contributed by atoms with van der Waals surface area (Å²) < 4.78 is 22.1. The van der Waals surface area contributed by atoms with E-state index in [1.807, 2.05) is 0 Å². The quantitative estimate of drug-likeness (QED) is 0.0569. The van der Waals surface area contributed by atoms with E-state index in [0.29, 0.717) is 52.5 Å². The Bertz CT molecular complexity index is 482. The molecule has 0 aromatic carbocycles. The summed E-state index contributed by atoms with van der Waals surface area (Å²) in [4.78, 5) is 11.8. The summed E-state index contributed by atoms with van der Waals surface area (Å²) in [5.41, 5.74) is 0. The Morgan fingerprint density at radius 2 is 0.825 bits per heavy atom. The molecule has 0 radical (unpaired) electrons. The number of carbonyl (C=O) groups is 1. The van der Waals surface area contributed by atoms with Crippen molar-refractivity contribution in [2.45, 2.75) is 168 Å². The van der Waals surface area contributed by atoms with Crippen LogP contribution < -0.4 is 0 Å². The van der Waals surface area contributed by atoms with E-state index >= 15 is 0 Å². The molecule has 0 fully saturated rings. The van der Waals surface area contributed by atoms with Crippen LogP contribution in [0.5, 0.6) is 0 Å². The molecular formula is C35H70O5. The van der Waals surface area contributed by atoms with Crippen LogP contribution in [0.15, 0.2) is 0 Å². The van der Waals surface area contributed by atoms with E-state index < -0.39 is 0 Å². The monoisotopic (exact) mass is 571 g/mol. The van der Waals surface area contributed by atoms with Gasteiger partial charge in [-0.1, -0.05) is 143 Å². The minimum Gasteiger partial charge on any atom is -0.466 e. The maximum atomic E-state index is 11.8. The summed E-state index contributed by atoms with van der Waals surface area (Å²) in [6.07, 6.45) is 29.1. The van der Waals surface area contributed by atoms with E-state index in [0.717, 1.165) is 31.8 Å². The molecule has 0 unspecified atom stereocenters. The van der Waals surface area contributed by atoms with Crippen molar-refractivity contribution in [3.63, 3.8) is 0 Å². The largest absolute Gasteiger partial charge is 0.466 e. The Kier molecular flexibility index (Phi) is 34.0. The zero-order valence-corrected chi connectivity index (χ0v) is 27.3. The van der Waals surface area contributed by atoms with Crippen LogP contribution in [0.4, 0.5) is 0 Å². The highest BCUT2D eigenvalue weighted by molar-refractivity contribution is 5.69. The first kappa shape index (κ1) is 39.4. The third kappa shape index (κ3) is 35.4. The average Bonchev–Trinajstić information content (AvgIpc) is 2.94. The van der Waals surface area contributed by atoms with E-state index in [1.54, 1.807) is 0 Å². The van der Waals surface area contributed by atoms with E-state index in [1.165, 1.54) is 116 Å². The second-order valence-electron chi connectivity index (χ2n) is 12.1. The van der Waals surface area contributed by atoms with E-state index in [2.05, 4.69) is 20.8 Å². The van der Waals surface area contributed by atoms with Crippen LogP contribution in [0.25, 0.3) is 0 Å². The van der Waals surface area contributed by atoms with Gasteiger partial charge in [-0.25, -0.2) is 0 Å². The third-order valence-electron chi connectivity index (χ3n) is 7.49. The molecule has 0 amide bonds. The summed E-state index contributed by atoms with van der Waals surface area (Å²) in [5, 5.41) is 0. The highest BCUT2D eigenvalue weighted by atomic mass is 16.5. The van der Waals surface area contributed by atoms with Crippen molar-refractivity contribution < 1.29 is 23.7 Å². The van der Waals surface area contributed by atoms with Gasteiger partial charge in [0.2, 0.25) is 0 Å². The molecule has 0 saturated heterocycles. The molecule has 5 heteroatoms. The molecule has 0 rings (SSSR count). The summed E-state index contributed by atoms with van der Waals surface area (Å²) in [7, 11) is 0. The summed E-state index contributed by atoms with van der Waals surface area (Å²) in [6.45, 7) is 11.3. The summed E-state index contributed by atoms with van der Waals surface area (Å²) in [5.74, 6) is 0.764. The highest BCUT2D eigenvalue weighted by Gasteiger charge is 2.03. The Morgan fingerprint density at radius 1 is 0.450 bits per heavy atom. The van der Waals surface area contributed by atoms with Crippen molar-refractivity contribution in [1.29, 1.82) is 0 Å². The predicted octanol–water partition coefficient (Wildman–Crippen LogP) is 10.2. The topological polar surface area (TPSA) is 54.0 Å². The molecule has 0 aromatic rings. The van der Waals surface area contributed by atoms with Gasteiger partial charge in [0, 0.05) is 19.6 Å². The molecule has 0 bridgehead atoms. The number of esters is 1. The SMILES string of the molecule is CCCCCCCCCOCCOCCOCCCC(=O)OCCCCCCCCCCCCCCCC(C)C. The van der Waals surface area contributed by atoms with Crippen molar-refractivity contribution >= 4 is 5.97 Å². The fourth-order valence-corrected chi connectivity index (χ4v) is 4.88. The van der Waals surface area contributed by atoms with Gasteiger partial charge in [0.05, 0.1) is 33.0 Å². The number of unbranched alkanes of at least 4 members (excludes halogenated alkanes) is 18. The number of rotatable bonds is 34. The van der Waals surface area contributed by atoms with Crippen molar-refractivity contribution in [2.24, 2.45) is 5.92 Å². The minimum atomic E-state index is -0.0992. The highest BCUT2D eigenvalue weighted by Crippen LogP contribution is 2.14. The van der Waals surface area contributed by atoms with Gasteiger partial charge in [-0.15, -0.1) is 0 Å². The maximum Gasteiger partial charge on any atom is 0.305 e.